The summed E-state index contributed by atoms with van der Waals surface area (Å²) in [6.45, 7) is 3.48. The molecule has 6 rings (SSSR count). The van der Waals surface area contributed by atoms with Gasteiger partial charge in [-0.05, 0) is 73.4 Å². The van der Waals surface area contributed by atoms with Crippen LogP contribution < -0.4 is 16.2 Å². The molecule has 3 aromatic heterocycles. The van der Waals surface area contributed by atoms with Crippen molar-refractivity contribution in [2.24, 2.45) is 5.92 Å². The normalized spacial score (nSPS) is 16.6. The van der Waals surface area contributed by atoms with E-state index in [-0.39, 0.29) is 33.8 Å². The molecule has 0 saturated carbocycles. The summed E-state index contributed by atoms with van der Waals surface area (Å²) in [6, 6.07) is 16.7. The van der Waals surface area contributed by atoms with Gasteiger partial charge in [-0.2, -0.15) is 0 Å². The van der Waals surface area contributed by atoms with E-state index in [2.05, 4.69) is 30.9 Å². The van der Waals surface area contributed by atoms with Gasteiger partial charge >= 0.3 is 0 Å². The maximum absolute atomic E-state index is 14.7. The minimum absolute atomic E-state index is 0.0400. The SMILES string of the molecule is Cc1c(C(=O)NC2CCCC(C)C(=O)Nc3cc(-c4ccc[nH]c4=O)ccc3-c3ccnc2c3)nnn1-c1cccc(Cl)c1F. The van der Waals surface area contributed by atoms with Crippen LogP contribution in [0.1, 0.15) is 54.1 Å². The number of aromatic amines is 1. The molecule has 10 nitrogen and oxygen atoms in total. The van der Waals surface area contributed by atoms with Gasteiger partial charge in [0.2, 0.25) is 5.91 Å². The molecule has 1 aliphatic heterocycles. The zero-order valence-corrected chi connectivity index (χ0v) is 25.2. The number of rotatable bonds is 4. The molecule has 2 amide bonds. The number of nitrogens with one attached hydrogen (secondary N) is 3. The Labute approximate surface area is 262 Å². The highest BCUT2D eigenvalue weighted by Gasteiger charge is 2.25. The summed E-state index contributed by atoms with van der Waals surface area (Å²) in [5, 5.41) is 14.1. The van der Waals surface area contributed by atoms with Crippen molar-refractivity contribution >= 4 is 29.1 Å². The third kappa shape index (κ3) is 5.99. The minimum Gasteiger partial charge on any atom is -0.342 e. The molecule has 0 saturated heterocycles. The number of hydrogen-bond donors (Lipinski definition) is 3. The van der Waals surface area contributed by atoms with Crippen LogP contribution >= 0.6 is 11.6 Å². The molecule has 4 heterocycles. The van der Waals surface area contributed by atoms with E-state index in [1.807, 2.05) is 31.2 Å². The van der Waals surface area contributed by atoms with Crippen molar-refractivity contribution in [1.29, 1.82) is 0 Å². The van der Waals surface area contributed by atoms with E-state index in [4.69, 9.17) is 11.6 Å². The second-order valence-electron chi connectivity index (χ2n) is 11.0. The van der Waals surface area contributed by atoms with Crippen LogP contribution in [0.15, 0.2) is 77.9 Å². The zero-order chi connectivity index (χ0) is 31.7. The molecule has 2 aromatic carbocycles. The monoisotopic (exact) mass is 625 g/mol. The fraction of sp³-hybridized carbons (Fsp3) is 0.212. The molecule has 228 valence electrons. The van der Waals surface area contributed by atoms with E-state index in [9.17, 15) is 18.8 Å². The lowest BCUT2D eigenvalue weighted by atomic mass is 9.94. The van der Waals surface area contributed by atoms with Crippen LogP contribution in [0.3, 0.4) is 0 Å². The molecule has 5 aromatic rings. The Bertz CT molecular complexity index is 1990. The largest absolute Gasteiger partial charge is 0.342 e. The average Bonchev–Trinajstić information content (AvgIpc) is 3.42. The molecule has 0 radical (unpaired) electrons. The Morgan fingerprint density at radius 3 is 2.69 bits per heavy atom. The van der Waals surface area contributed by atoms with Crippen LogP contribution in [-0.4, -0.2) is 36.8 Å². The number of nitrogens with zero attached hydrogens (tertiary/aromatic N) is 4. The van der Waals surface area contributed by atoms with E-state index in [0.717, 1.165) is 11.1 Å². The lowest BCUT2D eigenvalue weighted by Crippen LogP contribution is -2.30. The van der Waals surface area contributed by atoms with Crippen molar-refractivity contribution in [1.82, 2.24) is 30.3 Å². The van der Waals surface area contributed by atoms with Crippen molar-refractivity contribution in [2.45, 2.75) is 39.2 Å². The smallest absolute Gasteiger partial charge is 0.274 e. The molecule has 2 unspecified atom stereocenters. The minimum atomic E-state index is -0.666. The van der Waals surface area contributed by atoms with Crippen LogP contribution in [0, 0.1) is 18.7 Å². The average molecular weight is 626 g/mol. The number of pyridine rings is 2. The molecule has 0 spiro atoms. The van der Waals surface area contributed by atoms with E-state index < -0.39 is 17.8 Å². The van der Waals surface area contributed by atoms with Gasteiger partial charge in [-0.25, -0.2) is 9.07 Å². The fourth-order valence-corrected chi connectivity index (χ4v) is 5.65. The first-order valence-corrected chi connectivity index (χ1v) is 14.9. The Morgan fingerprint density at radius 1 is 1.04 bits per heavy atom. The molecule has 2 bridgehead atoms. The maximum Gasteiger partial charge on any atom is 0.274 e. The van der Waals surface area contributed by atoms with E-state index in [1.165, 1.54) is 16.8 Å². The summed E-state index contributed by atoms with van der Waals surface area (Å²) in [5.41, 5.74) is 4.08. The number of fused-ring (bicyclic) bond motifs is 4. The molecule has 0 aliphatic carbocycles. The zero-order valence-electron chi connectivity index (χ0n) is 24.5. The highest BCUT2D eigenvalue weighted by Crippen LogP contribution is 2.34. The van der Waals surface area contributed by atoms with Crippen LogP contribution in [0.2, 0.25) is 5.02 Å². The summed E-state index contributed by atoms with van der Waals surface area (Å²) in [5.74, 6) is -1.63. The summed E-state index contributed by atoms with van der Waals surface area (Å²) in [6.07, 6.45) is 4.92. The van der Waals surface area contributed by atoms with Gasteiger partial charge in [-0.1, -0.05) is 48.4 Å². The van der Waals surface area contributed by atoms with Crippen molar-refractivity contribution in [3.05, 3.63) is 111 Å². The van der Waals surface area contributed by atoms with Gasteiger partial charge in [-0.3, -0.25) is 19.4 Å². The summed E-state index contributed by atoms with van der Waals surface area (Å²) < 4.78 is 15.9. The van der Waals surface area contributed by atoms with Gasteiger partial charge in [0.25, 0.3) is 11.5 Å². The number of hydrogen-bond acceptors (Lipinski definition) is 6. The number of amides is 2. The van der Waals surface area contributed by atoms with E-state index in [1.54, 1.807) is 43.6 Å². The van der Waals surface area contributed by atoms with Gasteiger partial charge in [0.1, 0.15) is 5.69 Å². The number of aromatic nitrogens is 5. The summed E-state index contributed by atoms with van der Waals surface area (Å²) >= 11 is 5.95. The molecule has 1 aliphatic rings. The van der Waals surface area contributed by atoms with Gasteiger partial charge in [0.15, 0.2) is 11.5 Å². The third-order valence-corrected chi connectivity index (χ3v) is 8.30. The number of carbonyl (C=O) groups excluding carboxylic acids is 2. The predicted molar refractivity (Wildman–Crippen MR) is 169 cm³/mol. The third-order valence-electron chi connectivity index (χ3n) is 8.01. The number of carbonyl (C=O) groups is 2. The lowest BCUT2D eigenvalue weighted by Gasteiger charge is -2.22. The van der Waals surface area contributed by atoms with E-state index >= 15 is 0 Å². The second-order valence-corrected chi connectivity index (χ2v) is 11.4. The second kappa shape index (κ2) is 12.4. The van der Waals surface area contributed by atoms with Crippen LogP contribution in [0.4, 0.5) is 10.1 Å². The Balaban J connectivity index is 1.35. The summed E-state index contributed by atoms with van der Waals surface area (Å²) in [7, 11) is 0. The van der Waals surface area contributed by atoms with Gasteiger partial charge in [0.05, 0.1) is 22.5 Å². The predicted octanol–water partition coefficient (Wildman–Crippen LogP) is 6.02. The number of halogens is 2. The highest BCUT2D eigenvalue weighted by molar-refractivity contribution is 6.30. The molecule has 12 heteroatoms. The Morgan fingerprint density at radius 2 is 1.87 bits per heavy atom. The Hall–Kier alpha value is -5.16. The first kappa shape index (κ1) is 29.9. The molecular formula is C33H29ClFN7O3. The number of benzene rings is 2. The molecule has 0 fully saturated rings. The molecular weight excluding hydrogens is 597 g/mol. The van der Waals surface area contributed by atoms with Crippen molar-refractivity contribution < 1.29 is 14.0 Å². The van der Waals surface area contributed by atoms with Crippen molar-refractivity contribution in [2.75, 3.05) is 5.32 Å². The quantitative estimate of drug-likeness (QED) is 0.224. The topological polar surface area (TPSA) is 135 Å². The fourth-order valence-electron chi connectivity index (χ4n) is 5.48. The standard InChI is InChI=1S/C33H29ClFN7O3/c1-18-6-3-9-25(38-33(45)30-19(2)42(41-40-30)28-10-4-8-24(34)29(28)35)27-17-21(13-15-36-27)22-12-11-20(16-26(22)39-31(18)43)23-7-5-14-37-32(23)44/h4-5,7-8,10-18,25H,3,6,9H2,1-2H3,(H,37,44)(H,38,45)(H,39,43). The Kier molecular flexibility index (Phi) is 8.27. The van der Waals surface area contributed by atoms with Gasteiger partial charge in [-0.15, -0.1) is 5.10 Å². The van der Waals surface area contributed by atoms with Crippen LogP contribution in [0.5, 0.6) is 0 Å². The number of H-pyrrole nitrogens is 1. The van der Waals surface area contributed by atoms with Crippen molar-refractivity contribution in [3.63, 3.8) is 0 Å². The molecule has 3 N–H and O–H groups in total. The highest BCUT2D eigenvalue weighted by atomic mass is 35.5. The van der Waals surface area contributed by atoms with Gasteiger partial charge in [0, 0.05) is 35.1 Å². The lowest BCUT2D eigenvalue weighted by molar-refractivity contribution is -0.119. The van der Waals surface area contributed by atoms with Crippen LogP contribution in [0.25, 0.3) is 27.9 Å². The summed E-state index contributed by atoms with van der Waals surface area (Å²) in [4.78, 5) is 46.6. The van der Waals surface area contributed by atoms with Gasteiger partial charge < -0.3 is 15.6 Å². The maximum atomic E-state index is 14.7. The van der Waals surface area contributed by atoms with Crippen molar-refractivity contribution in [3.8, 4) is 27.9 Å². The molecule has 45 heavy (non-hydrogen) atoms. The van der Waals surface area contributed by atoms with Crippen LogP contribution in [-0.2, 0) is 4.79 Å². The molecule has 2 atom stereocenters. The van der Waals surface area contributed by atoms with E-state index in [0.29, 0.717) is 47.5 Å². The first-order valence-electron chi connectivity index (χ1n) is 14.5. The first-order chi connectivity index (χ1) is 21.7. The number of anilines is 1.